The minimum Gasteiger partial charge on any atom is -0.391 e. The van der Waals surface area contributed by atoms with Gasteiger partial charge in [0.25, 0.3) is 0 Å². The van der Waals surface area contributed by atoms with Crippen molar-refractivity contribution in [1.82, 2.24) is 0 Å². The summed E-state index contributed by atoms with van der Waals surface area (Å²) in [7, 11) is 0. The molecule has 0 aromatic rings. The van der Waals surface area contributed by atoms with Gasteiger partial charge in [0.1, 0.15) is 0 Å². The minimum atomic E-state index is -0.539. The number of hydrogen-bond donors (Lipinski definition) is 1. The van der Waals surface area contributed by atoms with Crippen LogP contribution in [0, 0.1) is 28.6 Å². The molecule has 0 bridgehead atoms. The maximum atomic E-state index is 9.79. The normalized spacial score (nSPS) is 17.2. The van der Waals surface area contributed by atoms with Crippen LogP contribution in [0.2, 0.25) is 0 Å². The topological polar surface area (TPSA) is 44.0 Å². The molecule has 0 aliphatic heterocycles. The van der Waals surface area contributed by atoms with Gasteiger partial charge in [0.2, 0.25) is 0 Å². The molecule has 0 amide bonds. The highest BCUT2D eigenvalue weighted by molar-refractivity contribution is 4.94. The Balaban J connectivity index is 4.46. The van der Waals surface area contributed by atoms with E-state index >= 15 is 0 Å². The fourth-order valence-corrected chi connectivity index (χ4v) is 1.12. The van der Waals surface area contributed by atoms with Gasteiger partial charge in [-0.05, 0) is 11.3 Å². The van der Waals surface area contributed by atoms with E-state index in [9.17, 15) is 5.11 Å². The Labute approximate surface area is 75.2 Å². The van der Waals surface area contributed by atoms with E-state index in [2.05, 4.69) is 6.07 Å². The molecule has 0 aromatic carbocycles. The SMILES string of the molecule is CC(C)[C@@H](C#N)[C@H](O)C(C)(C)C. The average Bonchev–Trinajstić information content (AvgIpc) is 1.86. The van der Waals surface area contributed by atoms with Gasteiger partial charge in [0.05, 0.1) is 18.1 Å². The van der Waals surface area contributed by atoms with Crippen LogP contribution in [0.4, 0.5) is 0 Å². The number of nitrogens with zero attached hydrogens (tertiary/aromatic N) is 1. The summed E-state index contributed by atoms with van der Waals surface area (Å²) in [5.74, 6) is -0.0470. The summed E-state index contributed by atoms with van der Waals surface area (Å²) in [6.07, 6.45) is -0.539. The van der Waals surface area contributed by atoms with Crippen molar-refractivity contribution in [2.24, 2.45) is 17.3 Å². The minimum absolute atomic E-state index is 0.204. The molecule has 2 heteroatoms. The lowest BCUT2D eigenvalue weighted by Crippen LogP contribution is -2.35. The van der Waals surface area contributed by atoms with Crippen molar-refractivity contribution in [3.63, 3.8) is 0 Å². The Morgan fingerprint density at radius 1 is 1.25 bits per heavy atom. The molecule has 0 radical (unpaired) electrons. The van der Waals surface area contributed by atoms with Crippen LogP contribution in [-0.4, -0.2) is 11.2 Å². The molecule has 0 spiro atoms. The van der Waals surface area contributed by atoms with E-state index < -0.39 is 6.10 Å². The molecular weight excluding hydrogens is 150 g/mol. The number of aliphatic hydroxyl groups excluding tert-OH is 1. The number of nitriles is 1. The summed E-state index contributed by atoms with van der Waals surface area (Å²) in [4.78, 5) is 0. The van der Waals surface area contributed by atoms with Gasteiger partial charge in [-0.3, -0.25) is 0 Å². The van der Waals surface area contributed by atoms with E-state index in [1.165, 1.54) is 0 Å². The summed E-state index contributed by atoms with van der Waals surface area (Å²) in [5.41, 5.74) is -0.204. The lowest BCUT2D eigenvalue weighted by Gasteiger charge is -2.31. The van der Waals surface area contributed by atoms with Crippen LogP contribution in [0.5, 0.6) is 0 Å². The molecule has 0 heterocycles. The average molecular weight is 169 g/mol. The van der Waals surface area contributed by atoms with Crippen LogP contribution in [0.25, 0.3) is 0 Å². The number of hydrogen-bond acceptors (Lipinski definition) is 2. The van der Waals surface area contributed by atoms with Crippen LogP contribution in [0.15, 0.2) is 0 Å². The first-order valence-electron chi connectivity index (χ1n) is 4.38. The van der Waals surface area contributed by atoms with Crippen LogP contribution in [-0.2, 0) is 0 Å². The monoisotopic (exact) mass is 169 g/mol. The molecule has 0 fully saturated rings. The number of aliphatic hydroxyl groups is 1. The van der Waals surface area contributed by atoms with Crippen molar-refractivity contribution in [3.8, 4) is 6.07 Å². The van der Waals surface area contributed by atoms with Crippen LogP contribution in [0.1, 0.15) is 34.6 Å². The Kier molecular flexibility index (Phi) is 3.73. The highest BCUT2D eigenvalue weighted by Gasteiger charge is 2.32. The van der Waals surface area contributed by atoms with E-state index in [1.807, 2.05) is 34.6 Å². The van der Waals surface area contributed by atoms with E-state index in [1.54, 1.807) is 0 Å². The fraction of sp³-hybridized carbons (Fsp3) is 0.900. The highest BCUT2D eigenvalue weighted by atomic mass is 16.3. The molecule has 0 saturated carbocycles. The smallest absolute Gasteiger partial charge is 0.0750 e. The largest absolute Gasteiger partial charge is 0.391 e. The Bertz CT molecular complexity index is 173. The second-order valence-electron chi connectivity index (χ2n) is 4.71. The van der Waals surface area contributed by atoms with E-state index in [0.717, 1.165) is 0 Å². The molecule has 0 aliphatic carbocycles. The van der Waals surface area contributed by atoms with E-state index in [4.69, 9.17) is 5.26 Å². The second-order valence-corrected chi connectivity index (χ2v) is 4.71. The molecule has 0 unspecified atom stereocenters. The third-order valence-electron chi connectivity index (χ3n) is 2.09. The van der Waals surface area contributed by atoms with Gasteiger partial charge in [0.15, 0.2) is 0 Å². The van der Waals surface area contributed by atoms with Crippen LogP contribution >= 0.6 is 0 Å². The first-order chi connectivity index (χ1) is 5.30. The zero-order chi connectivity index (χ0) is 9.94. The summed E-state index contributed by atoms with van der Waals surface area (Å²) in [5, 5.41) is 18.6. The van der Waals surface area contributed by atoms with Gasteiger partial charge in [-0.15, -0.1) is 0 Å². The first kappa shape index (κ1) is 11.4. The first-order valence-corrected chi connectivity index (χ1v) is 4.38. The highest BCUT2D eigenvalue weighted by Crippen LogP contribution is 2.28. The Morgan fingerprint density at radius 2 is 1.67 bits per heavy atom. The number of rotatable bonds is 2. The summed E-state index contributed by atoms with van der Waals surface area (Å²) >= 11 is 0. The molecular formula is C10H19NO. The van der Waals surface area contributed by atoms with Crippen LogP contribution < -0.4 is 0 Å². The standard InChI is InChI=1S/C10H19NO/c1-7(2)8(6-11)9(12)10(3,4)5/h7-9,12H,1-5H3/t8-,9+/m1/s1. The Morgan fingerprint density at radius 3 is 1.75 bits per heavy atom. The predicted octanol–water partition coefficient (Wildman–Crippen LogP) is 2.19. The Hall–Kier alpha value is -0.550. The maximum Gasteiger partial charge on any atom is 0.0750 e. The zero-order valence-electron chi connectivity index (χ0n) is 8.63. The van der Waals surface area contributed by atoms with Gasteiger partial charge in [-0.2, -0.15) is 5.26 Å². The molecule has 0 rings (SSSR count). The molecule has 2 atom stereocenters. The van der Waals surface area contributed by atoms with Gasteiger partial charge in [0, 0.05) is 0 Å². The van der Waals surface area contributed by atoms with Crippen molar-refractivity contribution < 1.29 is 5.11 Å². The van der Waals surface area contributed by atoms with Crippen LogP contribution in [0.3, 0.4) is 0 Å². The van der Waals surface area contributed by atoms with Crippen molar-refractivity contribution in [2.45, 2.75) is 40.7 Å². The van der Waals surface area contributed by atoms with Gasteiger partial charge in [-0.1, -0.05) is 34.6 Å². The molecule has 2 nitrogen and oxygen atoms in total. The summed E-state index contributed by atoms with van der Waals surface area (Å²) in [6.45, 7) is 9.77. The molecule has 0 saturated heterocycles. The summed E-state index contributed by atoms with van der Waals surface area (Å²) < 4.78 is 0. The third-order valence-corrected chi connectivity index (χ3v) is 2.09. The summed E-state index contributed by atoms with van der Waals surface area (Å²) in [6, 6.07) is 2.16. The molecule has 70 valence electrons. The third kappa shape index (κ3) is 2.83. The molecule has 0 aliphatic rings. The molecule has 0 aromatic heterocycles. The van der Waals surface area contributed by atoms with E-state index in [-0.39, 0.29) is 17.3 Å². The lowest BCUT2D eigenvalue weighted by atomic mass is 9.77. The van der Waals surface area contributed by atoms with Crippen molar-refractivity contribution in [2.75, 3.05) is 0 Å². The zero-order valence-corrected chi connectivity index (χ0v) is 8.63. The second kappa shape index (κ2) is 3.91. The lowest BCUT2D eigenvalue weighted by molar-refractivity contribution is 0.0159. The van der Waals surface area contributed by atoms with Gasteiger partial charge >= 0.3 is 0 Å². The van der Waals surface area contributed by atoms with Crippen molar-refractivity contribution in [1.29, 1.82) is 5.26 Å². The van der Waals surface area contributed by atoms with E-state index in [0.29, 0.717) is 0 Å². The molecule has 12 heavy (non-hydrogen) atoms. The quantitative estimate of drug-likeness (QED) is 0.688. The fourth-order valence-electron chi connectivity index (χ4n) is 1.12. The predicted molar refractivity (Wildman–Crippen MR) is 49.4 cm³/mol. The van der Waals surface area contributed by atoms with Crippen molar-refractivity contribution in [3.05, 3.63) is 0 Å². The maximum absolute atomic E-state index is 9.79. The van der Waals surface area contributed by atoms with Gasteiger partial charge in [-0.25, -0.2) is 0 Å². The van der Waals surface area contributed by atoms with Gasteiger partial charge < -0.3 is 5.11 Å². The molecule has 1 N–H and O–H groups in total. The van der Waals surface area contributed by atoms with Crippen molar-refractivity contribution >= 4 is 0 Å².